The molecule has 1 saturated heterocycles. The van der Waals surface area contributed by atoms with Crippen molar-refractivity contribution in [3.63, 3.8) is 0 Å². The molecule has 8 heteroatoms. The van der Waals surface area contributed by atoms with Crippen molar-refractivity contribution in [3.05, 3.63) is 28.0 Å². The monoisotopic (exact) mass is 267 g/mol. The molecule has 2 N–H and O–H groups in total. The Morgan fingerprint density at radius 2 is 2.00 bits per heavy atom. The van der Waals surface area contributed by atoms with Crippen LogP contribution >= 0.6 is 0 Å². The third-order valence-electron chi connectivity index (χ3n) is 3.17. The summed E-state index contributed by atoms with van der Waals surface area (Å²) < 4.78 is 4.85. The van der Waals surface area contributed by atoms with Gasteiger partial charge in [-0.15, -0.1) is 0 Å². The van der Waals surface area contributed by atoms with Crippen LogP contribution in [0.15, 0.2) is 16.5 Å². The van der Waals surface area contributed by atoms with Gasteiger partial charge >= 0.3 is 5.88 Å². The minimum Gasteiger partial charge on any atom is -0.395 e. The lowest BCUT2D eigenvalue weighted by Crippen LogP contribution is -2.41. The van der Waals surface area contributed by atoms with Gasteiger partial charge < -0.3 is 15.1 Å². The number of carbonyl (C=O) groups is 2. The fourth-order valence-corrected chi connectivity index (χ4v) is 2.06. The molecule has 8 nitrogen and oxygen atoms in total. The molecule has 1 aromatic rings. The summed E-state index contributed by atoms with van der Waals surface area (Å²) in [5, 5.41) is 10.5. The summed E-state index contributed by atoms with van der Waals surface area (Å²) in [6, 6.07) is 2.42. The Morgan fingerprint density at radius 1 is 1.37 bits per heavy atom. The first-order valence-corrected chi connectivity index (χ1v) is 5.82. The van der Waals surface area contributed by atoms with Gasteiger partial charge in [-0.25, -0.2) is 0 Å². The molecular formula is C11H13N3O5. The number of hydrogen-bond acceptors (Lipinski definition) is 5. The van der Waals surface area contributed by atoms with Gasteiger partial charge in [-0.3, -0.25) is 19.7 Å². The first kappa shape index (κ1) is 13.1. The molecule has 1 fully saturated rings. The average molecular weight is 267 g/mol. The molecule has 0 aliphatic carbocycles. The second kappa shape index (κ2) is 5.09. The van der Waals surface area contributed by atoms with Gasteiger partial charge in [0.1, 0.15) is 4.92 Å². The largest absolute Gasteiger partial charge is 0.433 e. The molecule has 0 unspecified atom stereocenters. The Kier molecular flexibility index (Phi) is 3.50. The molecule has 0 bridgehead atoms. The van der Waals surface area contributed by atoms with Crippen molar-refractivity contribution >= 4 is 17.7 Å². The van der Waals surface area contributed by atoms with Crippen LogP contribution in [0.4, 0.5) is 5.88 Å². The van der Waals surface area contributed by atoms with Crippen LogP contribution in [0.25, 0.3) is 0 Å². The molecule has 0 radical (unpaired) electrons. The number of nitrogens with zero attached hydrogens (tertiary/aromatic N) is 2. The van der Waals surface area contributed by atoms with E-state index in [0.29, 0.717) is 25.9 Å². The second-order valence-corrected chi connectivity index (χ2v) is 4.36. The maximum atomic E-state index is 12.0. The Labute approximate surface area is 108 Å². The highest BCUT2D eigenvalue weighted by molar-refractivity contribution is 5.92. The van der Waals surface area contributed by atoms with E-state index in [0.717, 1.165) is 6.07 Å². The van der Waals surface area contributed by atoms with Crippen molar-refractivity contribution < 1.29 is 18.9 Å². The molecule has 1 aromatic heterocycles. The van der Waals surface area contributed by atoms with Gasteiger partial charge in [-0.05, 0) is 18.9 Å². The molecule has 0 aromatic carbocycles. The fraction of sp³-hybridized carbons (Fsp3) is 0.455. The number of nitro groups is 1. The quantitative estimate of drug-likeness (QED) is 0.632. The summed E-state index contributed by atoms with van der Waals surface area (Å²) in [6.07, 6.45) is 1.01. The smallest absolute Gasteiger partial charge is 0.395 e. The summed E-state index contributed by atoms with van der Waals surface area (Å²) in [6.45, 7) is 0.780. The topological polar surface area (TPSA) is 120 Å². The predicted molar refractivity (Wildman–Crippen MR) is 63.2 cm³/mol. The van der Waals surface area contributed by atoms with E-state index >= 15 is 0 Å². The number of hydrogen-bond donors (Lipinski definition) is 1. The summed E-state index contributed by atoms with van der Waals surface area (Å²) in [7, 11) is 0. The van der Waals surface area contributed by atoms with Gasteiger partial charge in [0.05, 0.1) is 6.07 Å². The van der Waals surface area contributed by atoms with Crippen molar-refractivity contribution in [2.24, 2.45) is 11.7 Å². The van der Waals surface area contributed by atoms with Crippen LogP contribution < -0.4 is 5.73 Å². The number of likely N-dealkylation sites (tertiary alicyclic amines) is 1. The van der Waals surface area contributed by atoms with Crippen LogP contribution in [-0.4, -0.2) is 34.7 Å². The zero-order valence-electron chi connectivity index (χ0n) is 10.1. The molecule has 1 aliphatic heterocycles. The molecule has 102 valence electrons. The van der Waals surface area contributed by atoms with Crippen molar-refractivity contribution in [1.29, 1.82) is 0 Å². The third kappa shape index (κ3) is 2.72. The van der Waals surface area contributed by atoms with Gasteiger partial charge in [-0.1, -0.05) is 0 Å². The van der Waals surface area contributed by atoms with E-state index in [2.05, 4.69) is 0 Å². The lowest BCUT2D eigenvalue weighted by Gasteiger charge is -2.29. The minimum absolute atomic E-state index is 0.0655. The number of furan rings is 1. The van der Waals surface area contributed by atoms with Crippen molar-refractivity contribution in [2.75, 3.05) is 13.1 Å². The van der Waals surface area contributed by atoms with Gasteiger partial charge in [0.15, 0.2) is 5.76 Å². The molecule has 2 rings (SSSR count). The van der Waals surface area contributed by atoms with E-state index in [1.54, 1.807) is 0 Å². The van der Waals surface area contributed by atoms with Gasteiger partial charge in [0.25, 0.3) is 5.91 Å². The van der Waals surface area contributed by atoms with E-state index < -0.39 is 16.7 Å². The van der Waals surface area contributed by atoms with Crippen molar-refractivity contribution in [2.45, 2.75) is 12.8 Å². The molecule has 0 spiro atoms. The highest BCUT2D eigenvalue weighted by Gasteiger charge is 2.28. The van der Waals surface area contributed by atoms with Gasteiger partial charge in [0, 0.05) is 19.0 Å². The van der Waals surface area contributed by atoms with E-state index in [9.17, 15) is 19.7 Å². The number of rotatable bonds is 3. The zero-order valence-corrected chi connectivity index (χ0v) is 10.1. The van der Waals surface area contributed by atoms with Crippen molar-refractivity contribution in [1.82, 2.24) is 4.90 Å². The van der Waals surface area contributed by atoms with Gasteiger partial charge in [-0.2, -0.15) is 0 Å². The highest BCUT2D eigenvalue weighted by Crippen LogP contribution is 2.21. The SMILES string of the molecule is NC(=O)C1CCN(C(=O)c2ccc([N+](=O)[O-])o2)CC1. The normalized spacial score (nSPS) is 16.3. The summed E-state index contributed by atoms with van der Waals surface area (Å²) in [4.78, 5) is 34.3. The first-order chi connectivity index (χ1) is 8.99. The standard InChI is InChI=1S/C11H13N3O5/c12-10(15)7-3-5-13(6-4-7)11(16)8-1-2-9(19-8)14(17)18/h1-2,7H,3-6H2,(H2,12,15). The minimum atomic E-state index is -0.698. The summed E-state index contributed by atoms with van der Waals surface area (Å²) in [5.41, 5.74) is 5.20. The first-order valence-electron chi connectivity index (χ1n) is 5.82. The van der Waals surface area contributed by atoms with E-state index in [4.69, 9.17) is 10.2 Å². The summed E-state index contributed by atoms with van der Waals surface area (Å²) >= 11 is 0. The third-order valence-corrected chi connectivity index (χ3v) is 3.17. The Bertz CT molecular complexity index is 516. The molecule has 0 atom stereocenters. The van der Waals surface area contributed by atoms with E-state index in [1.807, 2.05) is 0 Å². The Morgan fingerprint density at radius 3 is 2.47 bits per heavy atom. The van der Waals surface area contributed by atoms with Crippen LogP contribution in [0.2, 0.25) is 0 Å². The maximum Gasteiger partial charge on any atom is 0.433 e. The Hall–Kier alpha value is -2.38. The van der Waals surface area contributed by atoms with Crippen LogP contribution in [-0.2, 0) is 4.79 Å². The lowest BCUT2D eigenvalue weighted by atomic mass is 9.96. The predicted octanol–water partition coefficient (Wildman–Crippen LogP) is 0.525. The number of piperidine rings is 1. The van der Waals surface area contributed by atoms with Crippen molar-refractivity contribution in [3.8, 4) is 0 Å². The molecule has 1 aliphatic rings. The fourth-order valence-electron chi connectivity index (χ4n) is 2.06. The molecule has 0 saturated carbocycles. The molecular weight excluding hydrogens is 254 g/mol. The van der Waals surface area contributed by atoms with Crippen LogP contribution in [0.5, 0.6) is 0 Å². The van der Waals surface area contributed by atoms with E-state index in [-0.39, 0.29) is 17.6 Å². The number of primary amides is 1. The Balaban J connectivity index is 2.01. The number of amides is 2. The zero-order chi connectivity index (χ0) is 14.0. The molecule has 2 amide bonds. The lowest BCUT2D eigenvalue weighted by molar-refractivity contribution is -0.402. The molecule has 19 heavy (non-hydrogen) atoms. The van der Waals surface area contributed by atoms with Crippen LogP contribution in [0.3, 0.4) is 0 Å². The maximum absolute atomic E-state index is 12.0. The van der Waals surface area contributed by atoms with Gasteiger partial charge in [0.2, 0.25) is 5.91 Å². The number of nitrogens with two attached hydrogens (primary N) is 1. The van der Waals surface area contributed by atoms with E-state index in [1.165, 1.54) is 11.0 Å². The van der Waals surface area contributed by atoms with Crippen LogP contribution in [0, 0.1) is 16.0 Å². The second-order valence-electron chi connectivity index (χ2n) is 4.36. The summed E-state index contributed by atoms with van der Waals surface area (Å²) in [5.74, 6) is -1.51. The number of carbonyl (C=O) groups excluding carboxylic acids is 2. The molecule has 2 heterocycles. The average Bonchev–Trinajstić information content (AvgIpc) is 2.87. The van der Waals surface area contributed by atoms with Crippen LogP contribution in [0.1, 0.15) is 23.4 Å². The highest BCUT2D eigenvalue weighted by atomic mass is 16.6.